The largest absolute Gasteiger partial charge is 0.387 e. The van der Waals surface area contributed by atoms with Crippen molar-refractivity contribution in [2.75, 3.05) is 6.54 Å². The SMILES string of the molecule is CC(NCC(O)c1ccsc1)c1ccc(F)cc1Cl. The Morgan fingerprint density at radius 3 is 2.84 bits per heavy atom. The molecule has 0 saturated heterocycles. The molecule has 0 amide bonds. The van der Waals surface area contributed by atoms with Crippen molar-refractivity contribution in [1.82, 2.24) is 5.32 Å². The zero-order valence-electron chi connectivity index (χ0n) is 10.4. The number of rotatable bonds is 5. The molecule has 102 valence electrons. The Morgan fingerprint density at radius 2 is 2.21 bits per heavy atom. The van der Waals surface area contributed by atoms with Gasteiger partial charge >= 0.3 is 0 Å². The van der Waals surface area contributed by atoms with Crippen LogP contribution in [0.1, 0.15) is 30.2 Å². The Kier molecular flexibility index (Phi) is 4.93. The van der Waals surface area contributed by atoms with Gasteiger partial charge in [-0.3, -0.25) is 0 Å². The van der Waals surface area contributed by atoms with Crippen LogP contribution < -0.4 is 5.32 Å². The van der Waals surface area contributed by atoms with Gasteiger partial charge in [0, 0.05) is 17.6 Å². The van der Waals surface area contributed by atoms with Crippen LogP contribution in [0.15, 0.2) is 35.0 Å². The molecule has 0 radical (unpaired) electrons. The summed E-state index contributed by atoms with van der Waals surface area (Å²) in [5.41, 5.74) is 1.72. The Labute approximate surface area is 120 Å². The molecule has 0 saturated carbocycles. The minimum Gasteiger partial charge on any atom is -0.387 e. The molecule has 2 unspecified atom stereocenters. The zero-order valence-corrected chi connectivity index (χ0v) is 12.0. The van der Waals surface area contributed by atoms with Gasteiger partial charge in [-0.2, -0.15) is 11.3 Å². The molecule has 0 fully saturated rings. The summed E-state index contributed by atoms with van der Waals surface area (Å²) < 4.78 is 13.0. The second kappa shape index (κ2) is 6.48. The van der Waals surface area contributed by atoms with Gasteiger partial charge in [0.1, 0.15) is 5.82 Å². The van der Waals surface area contributed by atoms with E-state index in [1.807, 2.05) is 23.8 Å². The van der Waals surface area contributed by atoms with Crippen LogP contribution in [0, 0.1) is 5.82 Å². The lowest BCUT2D eigenvalue weighted by atomic mass is 10.1. The molecule has 1 aromatic heterocycles. The van der Waals surface area contributed by atoms with E-state index in [2.05, 4.69) is 5.32 Å². The van der Waals surface area contributed by atoms with Crippen molar-refractivity contribution >= 4 is 22.9 Å². The third-order valence-corrected chi connectivity index (χ3v) is 4.00. The maximum Gasteiger partial charge on any atom is 0.124 e. The molecule has 2 rings (SSSR count). The Bertz CT molecular complexity index is 532. The van der Waals surface area contributed by atoms with E-state index in [0.717, 1.165) is 11.1 Å². The summed E-state index contributed by atoms with van der Waals surface area (Å²) in [7, 11) is 0. The lowest BCUT2D eigenvalue weighted by Crippen LogP contribution is -2.24. The van der Waals surface area contributed by atoms with Crippen LogP contribution in [0.3, 0.4) is 0 Å². The number of hydrogen-bond donors (Lipinski definition) is 2. The van der Waals surface area contributed by atoms with Crippen molar-refractivity contribution in [3.63, 3.8) is 0 Å². The van der Waals surface area contributed by atoms with Gasteiger partial charge in [-0.15, -0.1) is 0 Å². The third kappa shape index (κ3) is 3.76. The number of aliphatic hydroxyl groups is 1. The summed E-state index contributed by atoms with van der Waals surface area (Å²) in [6, 6.07) is 6.18. The quantitative estimate of drug-likeness (QED) is 0.877. The van der Waals surface area contributed by atoms with Gasteiger partial charge in [0.25, 0.3) is 0 Å². The molecule has 19 heavy (non-hydrogen) atoms. The zero-order chi connectivity index (χ0) is 13.8. The van der Waals surface area contributed by atoms with E-state index in [4.69, 9.17) is 11.6 Å². The molecule has 2 N–H and O–H groups in total. The highest BCUT2D eigenvalue weighted by atomic mass is 35.5. The molecule has 1 heterocycles. The van der Waals surface area contributed by atoms with Crippen LogP contribution in [0.5, 0.6) is 0 Å². The average molecular weight is 300 g/mol. The molecule has 0 spiro atoms. The molecule has 2 aromatic rings. The number of halogens is 2. The Hall–Kier alpha value is -0.940. The molecule has 1 aromatic carbocycles. The van der Waals surface area contributed by atoms with Crippen LogP contribution in [0.25, 0.3) is 0 Å². The topological polar surface area (TPSA) is 32.3 Å². The van der Waals surface area contributed by atoms with E-state index in [0.29, 0.717) is 11.6 Å². The Morgan fingerprint density at radius 1 is 1.42 bits per heavy atom. The molecule has 0 aliphatic heterocycles. The van der Waals surface area contributed by atoms with E-state index in [1.54, 1.807) is 17.4 Å². The highest BCUT2D eigenvalue weighted by Crippen LogP contribution is 2.24. The molecule has 2 nitrogen and oxygen atoms in total. The average Bonchev–Trinajstić information content (AvgIpc) is 2.89. The number of aliphatic hydroxyl groups excluding tert-OH is 1. The molecular weight excluding hydrogens is 285 g/mol. The summed E-state index contributed by atoms with van der Waals surface area (Å²) in [5.74, 6) is -0.348. The highest BCUT2D eigenvalue weighted by Gasteiger charge is 2.13. The summed E-state index contributed by atoms with van der Waals surface area (Å²) in [5, 5.41) is 17.4. The fourth-order valence-electron chi connectivity index (χ4n) is 1.83. The molecule has 0 aliphatic rings. The van der Waals surface area contributed by atoms with Crippen molar-refractivity contribution in [3.05, 3.63) is 57.0 Å². The van der Waals surface area contributed by atoms with Crippen LogP contribution >= 0.6 is 22.9 Å². The first-order chi connectivity index (χ1) is 9.08. The number of thiophene rings is 1. The first kappa shape index (κ1) is 14.5. The van der Waals surface area contributed by atoms with E-state index in [9.17, 15) is 9.50 Å². The van der Waals surface area contributed by atoms with E-state index >= 15 is 0 Å². The van der Waals surface area contributed by atoms with Crippen molar-refractivity contribution in [3.8, 4) is 0 Å². The van der Waals surface area contributed by atoms with Crippen molar-refractivity contribution in [1.29, 1.82) is 0 Å². The van der Waals surface area contributed by atoms with Gasteiger partial charge in [-0.25, -0.2) is 4.39 Å². The van der Waals surface area contributed by atoms with Gasteiger partial charge in [-0.1, -0.05) is 17.7 Å². The van der Waals surface area contributed by atoms with Crippen LogP contribution in [0.2, 0.25) is 5.02 Å². The number of hydrogen-bond acceptors (Lipinski definition) is 3. The number of nitrogens with one attached hydrogen (secondary N) is 1. The normalized spacial score (nSPS) is 14.3. The van der Waals surface area contributed by atoms with Crippen LogP contribution in [-0.2, 0) is 0 Å². The summed E-state index contributed by atoms with van der Waals surface area (Å²) >= 11 is 7.55. The fraction of sp³-hybridized carbons (Fsp3) is 0.286. The van der Waals surface area contributed by atoms with Crippen molar-refractivity contribution in [2.45, 2.75) is 19.1 Å². The van der Waals surface area contributed by atoms with Crippen molar-refractivity contribution < 1.29 is 9.50 Å². The molecular formula is C14H15ClFNOS. The lowest BCUT2D eigenvalue weighted by molar-refractivity contribution is 0.171. The fourth-order valence-corrected chi connectivity index (χ4v) is 2.87. The third-order valence-electron chi connectivity index (χ3n) is 2.97. The van der Waals surface area contributed by atoms with Gasteiger partial charge in [-0.05, 0) is 47.0 Å². The lowest BCUT2D eigenvalue weighted by Gasteiger charge is -2.18. The first-order valence-corrected chi connectivity index (χ1v) is 7.28. The monoisotopic (exact) mass is 299 g/mol. The first-order valence-electron chi connectivity index (χ1n) is 5.96. The van der Waals surface area contributed by atoms with E-state index in [1.165, 1.54) is 12.1 Å². The van der Waals surface area contributed by atoms with E-state index < -0.39 is 6.10 Å². The maximum absolute atomic E-state index is 13.0. The van der Waals surface area contributed by atoms with Crippen LogP contribution in [-0.4, -0.2) is 11.7 Å². The van der Waals surface area contributed by atoms with Crippen molar-refractivity contribution in [2.24, 2.45) is 0 Å². The second-order valence-corrected chi connectivity index (χ2v) is 5.56. The Balaban J connectivity index is 1.96. The minimum atomic E-state index is -0.548. The highest BCUT2D eigenvalue weighted by molar-refractivity contribution is 7.07. The number of benzene rings is 1. The summed E-state index contributed by atoms with van der Waals surface area (Å²) in [4.78, 5) is 0. The predicted octanol–water partition coefficient (Wildman–Crippen LogP) is 3.92. The second-order valence-electron chi connectivity index (χ2n) is 4.37. The van der Waals surface area contributed by atoms with E-state index in [-0.39, 0.29) is 11.9 Å². The molecule has 0 bridgehead atoms. The van der Waals surface area contributed by atoms with Gasteiger partial charge in [0.05, 0.1) is 6.10 Å². The minimum absolute atomic E-state index is 0.0543. The maximum atomic E-state index is 13.0. The smallest absolute Gasteiger partial charge is 0.124 e. The van der Waals surface area contributed by atoms with Gasteiger partial charge in [0.2, 0.25) is 0 Å². The molecule has 5 heteroatoms. The van der Waals surface area contributed by atoms with Gasteiger partial charge in [0.15, 0.2) is 0 Å². The van der Waals surface area contributed by atoms with Crippen LogP contribution in [0.4, 0.5) is 4.39 Å². The standard InChI is InChI=1S/C14H15ClFNOS/c1-9(12-3-2-11(16)6-13(12)15)17-7-14(18)10-4-5-19-8-10/h2-6,8-9,14,17-18H,7H2,1H3. The summed E-state index contributed by atoms with van der Waals surface area (Å²) in [6.07, 6.45) is -0.548. The summed E-state index contributed by atoms with van der Waals surface area (Å²) in [6.45, 7) is 2.35. The molecule has 2 atom stereocenters. The molecule has 0 aliphatic carbocycles. The predicted molar refractivity (Wildman–Crippen MR) is 77.1 cm³/mol. The van der Waals surface area contributed by atoms with Gasteiger partial charge < -0.3 is 10.4 Å².